The van der Waals surface area contributed by atoms with Gasteiger partial charge in [0.25, 0.3) is 0 Å². The fourth-order valence-electron chi connectivity index (χ4n) is 2.82. The molecule has 4 nitrogen and oxygen atoms in total. The van der Waals surface area contributed by atoms with Crippen LogP contribution < -0.4 is 5.32 Å². The summed E-state index contributed by atoms with van der Waals surface area (Å²) in [6.45, 7) is 9.16. The first-order valence-electron chi connectivity index (χ1n) is 8.12. The van der Waals surface area contributed by atoms with E-state index in [0.717, 1.165) is 32.2 Å². The van der Waals surface area contributed by atoms with Gasteiger partial charge in [0, 0.05) is 6.54 Å². The molecule has 116 valence electrons. The molecule has 0 bridgehead atoms. The Kier molecular flexibility index (Phi) is 7.03. The lowest BCUT2D eigenvalue weighted by atomic mass is 10.0. The molecule has 0 saturated carbocycles. The van der Waals surface area contributed by atoms with Crippen molar-refractivity contribution in [1.29, 1.82) is 0 Å². The van der Waals surface area contributed by atoms with E-state index < -0.39 is 0 Å². The van der Waals surface area contributed by atoms with E-state index in [1.807, 2.05) is 18.7 Å². The van der Waals surface area contributed by atoms with Crippen molar-refractivity contribution in [3.8, 4) is 0 Å². The minimum atomic E-state index is -0.305. The largest absolute Gasteiger partial charge is 0.343 e. The van der Waals surface area contributed by atoms with Crippen LogP contribution in [-0.4, -0.2) is 35.3 Å². The first kappa shape index (κ1) is 17.0. The number of piperazine rings is 1. The van der Waals surface area contributed by atoms with Gasteiger partial charge in [-0.3, -0.25) is 9.59 Å². The van der Waals surface area contributed by atoms with Crippen molar-refractivity contribution in [3.05, 3.63) is 0 Å². The summed E-state index contributed by atoms with van der Waals surface area (Å²) in [4.78, 5) is 26.4. The normalized spacial score (nSPS) is 23.4. The third-order valence-corrected chi connectivity index (χ3v) is 3.97. The first-order chi connectivity index (χ1) is 9.51. The number of hydrogen-bond donors (Lipinski definition) is 1. The molecule has 1 N–H and O–H groups in total. The van der Waals surface area contributed by atoms with Gasteiger partial charge in [-0.25, -0.2) is 0 Å². The van der Waals surface area contributed by atoms with Crippen LogP contribution in [-0.2, 0) is 9.59 Å². The molecular weight excluding hydrogens is 252 g/mol. The third-order valence-electron chi connectivity index (χ3n) is 3.97. The fourth-order valence-corrected chi connectivity index (χ4v) is 2.82. The highest BCUT2D eigenvalue weighted by Crippen LogP contribution is 2.17. The number of rotatable bonds is 8. The molecule has 1 heterocycles. The number of carbonyl (C=O) groups excluding carboxylic acids is 2. The first-order valence-corrected chi connectivity index (χ1v) is 8.12. The van der Waals surface area contributed by atoms with E-state index >= 15 is 0 Å². The highest BCUT2D eigenvalue weighted by molar-refractivity contribution is 5.96. The van der Waals surface area contributed by atoms with Gasteiger partial charge >= 0.3 is 0 Å². The van der Waals surface area contributed by atoms with Crippen LogP contribution in [0.25, 0.3) is 0 Å². The molecule has 1 fully saturated rings. The molecule has 2 amide bonds. The van der Waals surface area contributed by atoms with Gasteiger partial charge in [-0.15, -0.1) is 0 Å². The molecule has 2 unspecified atom stereocenters. The van der Waals surface area contributed by atoms with Gasteiger partial charge in [0.1, 0.15) is 12.1 Å². The highest BCUT2D eigenvalue weighted by atomic mass is 16.2. The van der Waals surface area contributed by atoms with Gasteiger partial charge in [0.2, 0.25) is 11.8 Å². The Hall–Kier alpha value is -1.06. The zero-order valence-electron chi connectivity index (χ0n) is 13.4. The molecule has 1 saturated heterocycles. The second kappa shape index (κ2) is 8.28. The summed E-state index contributed by atoms with van der Waals surface area (Å²) in [6.07, 6.45) is 5.65. The van der Waals surface area contributed by atoms with Crippen molar-refractivity contribution in [2.45, 2.75) is 78.3 Å². The van der Waals surface area contributed by atoms with Gasteiger partial charge in [0.05, 0.1) is 0 Å². The number of unbranched alkanes of at least 4 members (excludes halogenated alkanes) is 1. The van der Waals surface area contributed by atoms with Gasteiger partial charge in [-0.05, 0) is 25.2 Å². The lowest BCUT2D eigenvalue weighted by Crippen LogP contribution is -2.63. The number of carbonyl (C=O) groups is 2. The maximum absolute atomic E-state index is 12.5. The molecule has 0 spiro atoms. The molecule has 0 aromatic carbocycles. The molecule has 0 radical (unpaired) electrons. The maximum Gasteiger partial charge on any atom is 0.245 e. The van der Waals surface area contributed by atoms with Crippen LogP contribution in [0.4, 0.5) is 0 Å². The van der Waals surface area contributed by atoms with Crippen molar-refractivity contribution in [3.63, 3.8) is 0 Å². The van der Waals surface area contributed by atoms with E-state index in [-0.39, 0.29) is 23.9 Å². The fraction of sp³-hybridized carbons (Fsp3) is 0.875. The summed E-state index contributed by atoms with van der Waals surface area (Å²) in [5.41, 5.74) is 0. The maximum atomic E-state index is 12.5. The van der Waals surface area contributed by atoms with Crippen molar-refractivity contribution < 1.29 is 9.59 Å². The molecule has 20 heavy (non-hydrogen) atoms. The van der Waals surface area contributed by atoms with Crippen LogP contribution in [0.3, 0.4) is 0 Å². The summed E-state index contributed by atoms with van der Waals surface area (Å²) < 4.78 is 0. The molecule has 1 rings (SSSR count). The predicted molar refractivity (Wildman–Crippen MR) is 81.3 cm³/mol. The van der Waals surface area contributed by atoms with Crippen LogP contribution in [0, 0.1) is 5.92 Å². The van der Waals surface area contributed by atoms with E-state index in [1.54, 1.807) is 0 Å². The van der Waals surface area contributed by atoms with E-state index in [0.29, 0.717) is 12.3 Å². The molecular formula is C16H30N2O2. The average Bonchev–Trinajstić information content (AvgIpc) is 2.39. The monoisotopic (exact) mass is 282 g/mol. The SMILES string of the molecule is CCCC1NC(=O)C(CC)N(CCCCC(C)C)C1=O. The Morgan fingerprint density at radius 2 is 1.90 bits per heavy atom. The molecule has 4 heteroatoms. The Morgan fingerprint density at radius 3 is 2.45 bits per heavy atom. The molecule has 1 aliphatic heterocycles. The summed E-state index contributed by atoms with van der Waals surface area (Å²) in [5.74, 6) is 0.836. The standard InChI is InChI=1S/C16H30N2O2/c1-5-9-13-16(20)18(11-8-7-10-12(3)4)14(6-2)15(19)17-13/h12-14H,5-11H2,1-4H3,(H,17,19). The smallest absolute Gasteiger partial charge is 0.245 e. The zero-order valence-corrected chi connectivity index (χ0v) is 13.4. The van der Waals surface area contributed by atoms with Gasteiger partial charge in [-0.2, -0.15) is 0 Å². The summed E-state index contributed by atoms with van der Waals surface area (Å²) in [6, 6.07) is -0.574. The van der Waals surface area contributed by atoms with E-state index in [2.05, 4.69) is 19.2 Å². The van der Waals surface area contributed by atoms with Crippen molar-refractivity contribution >= 4 is 11.8 Å². The number of nitrogens with one attached hydrogen (secondary N) is 1. The lowest BCUT2D eigenvalue weighted by molar-refractivity contribution is -0.149. The molecule has 2 atom stereocenters. The van der Waals surface area contributed by atoms with Crippen molar-refractivity contribution in [2.75, 3.05) is 6.54 Å². The van der Waals surface area contributed by atoms with Gasteiger partial charge in [-0.1, -0.05) is 47.0 Å². The Labute approximate surface area is 123 Å². The molecule has 0 aromatic rings. The van der Waals surface area contributed by atoms with Crippen LogP contribution in [0.2, 0.25) is 0 Å². The van der Waals surface area contributed by atoms with Gasteiger partial charge < -0.3 is 10.2 Å². The van der Waals surface area contributed by atoms with Crippen LogP contribution >= 0.6 is 0 Å². The van der Waals surface area contributed by atoms with E-state index in [9.17, 15) is 9.59 Å². The summed E-state index contributed by atoms with van der Waals surface area (Å²) in [5, 5.41) is 2.88. The second-order valence-corrected chi connectivity index (χ2v) is 6.20. The van der Waals surface area contributed by atoms with Crippen LogP contribution in [0.1, 0.15) is 66.2 Å². The van der Waals surface area contributed by atoms with Crippen LogP contribution in [0.15, 0.2) is 0 Å². The highest BCUT2D eigenvalue weighted by Gasteiger charge is 2.38. The summed E-state index contributed by atoms with van der Waals surface area (Å²) in [7, 11) is 0. The molecule has 0 aromatic heterocycles. The third kappa shape index (κ3) is 4.50. The number of amides is 2. The van der Waals surface area contributed by atoms with E-state index in [1.165, 1.54) is 6.42 Å². The summed E-state index contributed by atoms with van der Waals surface area (Å²) >= 11 is 0. The minimum Gasteiger partial charge on any atom is -0.343 e. The Balaban J connectivity index is 2.61. The average molecular weight is 282 g/mol. The topological polar surface area (TPSA) is 49.4 Å². The van der Waals surface area contributed by atoms with Gasteiger partial charge in [0.15, 0.2) is 0 Å². The zero-order chi connectivity index (χ0) is 15.1. The van der Waals surface area contributed by atoms with E-state index in [4.69, 9.17) is 0 Å². The lowest BCUT2D eigenvalue weighted by Gasteiger charge is -2.38. The molecule has 1 aliphatic rings. The predicted octanol–water partition coefficient (Wildman–Crippen LogP) is 2.72. The minimum absolute atomic E-state index is 0.0226. The van der Waals surface area contributed by atoms with Crippen molar-refractivity contribution in [1.82, 2.24) is 10.2 Å². The second-order valence-electron chi connectivity index (χ2n) is 6.20. The number of nitrogens with zero attached hydrogens (tertiary/aromatic N) is 1. The van der Waals surface area contributed by atoms with Crippen LogP contribution in [0.5, 0.6) is 0 Å². The number of hydrogen-bond acceptors (Lipinski definition) is 2. The van der Waals surface area contributed by atoms with Crippen molar-refractivity contribution in [2.24, 2.45) is 5.92 Å². The molecule has 0 aliphatic carbocycles. The quantitative estimate of drug-likeness (QED) is 0.696. The Bertz CT molecular complexity index is 328. The Morgan fingerprint density at radius 1 is 1.20 bits per heavy atom.